The number of halogens is 1. The minimum atomic E-state index is -0.588. The topological polar surface area (TPSA) is 44.0 Å². The molecular formula is C12H11ClN2O2. The van der Waals surface area contributed by atoms with Crippen LogP contribution in [0.4, 0.5) is 0 Å². The van der Waals surface area contributed by atoms with Gasteiger partial charge in [0.25, 0.3) is 0 Å². The molecule has 2 aromatic rings. The maximum Gasteiger partial charge on any atom is 0.320 e. The predicted molar refractivity (Wildman–Crippen MR) is 67.0 cm³/mol. The van der Waals surface area contributed by atoms with Gasteiger partial charge in [0.05, 0.1) is 5.69 Å². The standard InChI is InChI=1S/C12H11ClN2O2/c1-8-3-4-9(7-10(8)13)15-6-5-14(2)11(16)12(15)17/h3-7H,1-2H3. The number of aryl methyl sites for hydroxylation is 2. The third kappa shape index (κ3) is 2.03. The molecule has 17 heavy (non-hydrogen) atoms. The number of benzene rings is 1. The summed E-state index contributed by atoms with van der Waals surface area (Å²) < 4.78 is 2.53. The molecule has 2 rings (SSSR count). The van der Waals surface area contributed by atoms with Gasteiger partial charge in [-0.1, -0.05) is 17.7 Å². The predicted octanol–water partition coefficient (Wildman–Crippen LogP) is 1.50. The van der Waals surface area contributed by atoms with Crippen LogP contribution in [0.5, 0.6) is 0 Å². The van der Waals surface area contributed by atoms with Gasteiger partial charge < -0.3 is 4.57 Å². The van der Waals surface area contributed by atoms with Crippen LogP contribution in [0, 0.1) is 6.92 Å². The van der Waals surface area contributed by atoms with Gasteiger partial charge in [-0.3, -0.25) is 14.2 Å². The highest BCUT2D eigenvalue weighted by Gasteiger charge is 2.05. The van der Waals surface area contributed by atoms with Crippen molar-refractivity contribution < 1.29 is 0 Å². The second-order valence-corrected chi connectivity index (χ2v) is 4.23. The Balaban J connectivity index is 2.70. The summed E-state index contributed by atoms with van der Waals surface area (Å²) in [6, 6.07) is 5.22. The maximum atomic E-state index is 11.8. The van der Waals surface area contributed by atoms with Crippen LogP contribution in [0.1, 0.15) is 5.56 Å². The van der Waals surface area contributed by atoms with Gasteiger partial charge in [0, 0.05) is 24.5 Å². The largest absolute Gasteiger partial charge is 0.320 e. The molecule has 1 aromatic heterocycles. The molecule has 5 heteroatoms. The highest BCUT2D eigenvalue weighted by atomic mass is 35.5. The fraction of sp³-hybridized carbons (Fsp3) is 0.167. The maximum absolute atomic E-state index is 11.8. The van der Waals surface area contributed by atoms with Crippen LogP contribution >= 0.6 is 11.6 Å². The lowest BCUT2D eigenvalue weighted by atomic mass is 10.2. The van der Waals surface area contributed by atoms with E-state index >= 15 is 0 Å². The summed E-state index contributed by atoms with van der Waals surface area (Å²) in [6.45, 7) is 1.87. The Bertz CT molecular complexity index is 686. The smallest absolute Gasteiger partial charge is 0.312 e. The molecule has 0 saturated heterocycles. The van der Waals surface area contributed by atoms with Gasteiger partial charge in [0.2, 0.25) is 0 Å². The summed E-state index contributed by atoms with van der Waals surface area (Å²) in [6.07, 6.45) is 3.09. The van der Waals surface area contributed by atoms with E-state index in [0.29, 0.717) is 10.7 Å². The molecule has 0 fully saturated rings. The Kier molecular flexibility index (Phi) is 2.90. The van der Waals surface area contributed by atoms with E-state index in [1.165, 1.54) is 22.4 Å². The van der Waals surface area contributed by atoms with E-state index < -0.39 is 11.1 Å². The highest BCUT2D eigenvalue weighted by Crippen LogP contribution is 2.18. The molecule has 0 aliphatic carbocycles. The zero-order valence-electron chi connectivity index (χ0n) is 9.48. The lowest BCUT2D eigenvalue weighted by molar-refractivity contribution is 0.787. The first-order valence-corrected chi connectivity index (χ1v) is 5.43. The molecule has 4 nitrogen and oxygen atoms in total. The van der Waals surface area contributed by atoms with E-state index in [1.54, 1.807) is 18.3 Å². The molecule has 0 bridgehead atoms. The van der Waals surface area contributed by atoms with Gasteiger partial charge in [-0.2, -0.15) is 0 Å². The summed E-state index contributed by atoms with van der Waals surface area (Å²) in [5.41, 5.74) is 0.356. The molecule has 0 amide bonds. The van der Waals surface area contributed by atoms with E-state index in [4.69, 9.17) is 11.6 Å². The molecule has 0 unspecified atom stereocenters. The summed E-state index contributed by atoms with van der Waals surface area (Å²) in [5.74, 6) is 0. The summed E-state index contributed by atoms with van der Waals surface area (Å²) >= 11 is 5.99. The number of nitrogens with zero attached hydrogens (tertiary/aromatic N) is 2. The van der Waals surface area contributed by atoms with E-state index in [2.05, 4.69) is 0 Å². The average molecular weight is 251 g/mol. The van der Waals surface area contributed by atoms with Crippen LogP contribution in [0.2, 0.25) is 5.02 Å². The van der Waals surface area contributed by atoms with Crippen molar-refractivity contribution in [1.29, 1.82) is 0 Å². The van der Waals surface area contributed by atoms with E-state index in [1.807, 2.05) is 13.0 Å². The van der Waals surface area contributed by atoms with Crippen molar-refractivity contribution >= 4 is 11.6 Å². The highest BCUT2D eigenvalue weighted by molar-refractivity contribution is 6.31. The van der Waals surface area contributed by atoms with E-state index in [-0.39, 0.29) is 0 Å². The Hall–Kier alpha value is -1.81. The van der Waals surface area contributed by atoms with Crippen molar-refractivity contribution in [1.82, 2.24) is 9.13 Å². The molecule has 0 aliphatic rings. The van der Waals surface area contributed by atoms with Crippen LogP contribution in [-0.4, -0.2) is 9.13 Å². The van der Waals surface area contributed by atoms with Crippen LogP contribution in [0.15, 0.2) is 40.2 Å². The molecule has 0 N–H and O–H groups in total. The number of hydrogen-bond acceptors (Lipinski definition) is 2. The third-order valence-corrected chi connectivity index (χ3v) is 3.00. The fourth-order valence-corrected chi connectivity index (χ4v) is 1.67. The Morgan fingerprint density at radius 2 is 1.82 bits per heavy atom. The van der Waals surface area contributed by atoms with Crippen LogP contribution in [-0.2, 0) is 7.05 Å². The van der Waals surface area contributed by atoms with Crippen molar-refractivity contribution in [2.75, 3.05) is 0 Å². The summed E-state index contributed by atoms with van der Waals surface area (Å²) in [4.78, 5) is 23.3. The lowest BCUT2D eigenvalue weighted by Gasteiger charge is -2.07. The fourth-order valence-electron chi connectivity index (χ4n) is 1.49. The van der Waals surface area contributed by atoms with Crippen LogP contribution < -0.4 is 11.1 Å². The molecule has 0 saturated carbocycles. The van der Waals surface area contributed by atoms with Crippen molar-refractivity contribution in [3.05, 3.63) is 61.9 Å². The van der Waals surface area contributed by atoms with Crippen molar-refractivity contribution in [3.8, 4) is 5.69 Å². The molecule has 0 radical (unpaired) electrons. The summed E-state index contributed by atoms with van der Waals surface area (Å²) in [5, 5.41) is 0.565. The molecule has 1 aromatic carbocycles. The molecule has 0 aliphatic heterocycles. The van der Waals surface area contributed by atoms with Crippen molar-refractivity contribution in [2.45, 2.75) is 6.92 Å². The summed E-state index contributed by atoms with van der Waals surface area (Å²) in [7, 11) is 1.54. The third-order valence-electron chi connectivity index (χ3n) is 2.60. The number of rotatable bonds is 1. The van der Waals surface area contributed by atoms with Crippen LogP contribution in [0.25, 0.3) is 5.69 Å². The zero-order chi connectivity index (χ0) is 12.6. The minimum absolute atomic E-state index is 0.565. The Morgan fingerprint density at radius 1 is 1.12 bits per heavy atom. The van der Waals surface area contributed by atoms with Gasteiger partial charge in [-0.05, 0) is 24.6 Å². The Labute approximate surface area is 103 Å². The van der Waals surface area contributed by atoms with E-state index in [0.717, 1.165) is 5.56 Å². The lowest BCUT2D eigenvalue weighted by Crippen LogP contribution is -2.38. The second kappa shape index (κ2) is 4.22. The quantitative estimate of drug-likeness (QED) is 0.720. The Morgan fingerprint density at radius 3 is 2.47 bits per heavy atom. The molecule has 0 atom stereocenters. The van der Waals surface area contributed by atoms with Gasteiger partial charge in [0.15, 0.2) is 0 Å². The monoisotopic (exact) mass is 250 g/mol. The van der Waals surface area contributed by atoms with Crippen molar-refractivity contribution in [2.24, 2.45) is 7.05 Å². The number of hydrogen-bond donors (Lipinski definition) is 0. The van der Waals surface area contributed by atoms with E-state index in [9.17, 15) is 9.59 Å². The minimum Gasteiger partial charge on any atom is -0.312 e. The normalized spacial score (nSPS) is 10.5. The van der Waals surface area contributed by atoms with Gasteiger partial charge in [-0.25, -0.2) is 0 Å². The molecular weight excluding hydrogens is 240 g/mol. The molecule has 88 valence electrons. The second-order valence-electron chi connectivity index (χ2n) is 3.82. The first kappa shape index (κ1) is 11.7. The number of aromatic nitrogens is 2. The molecule has 0 spiro atoms. The average Bonchev–Trinajstić information content (AvgIpc) is 2.30. The molecule has 1 heterocycles. The first-order valence-electron chi connectivity index (χ1n) is 5.05. The van der Waals surface area contributed by atoms with Gasteiger partial charge in [-0.15, -0.1) is 0 Å². The van der Waals surface area contributed by atoms with Gasteiger partial charge >= 0.3 is 11.1 Å². The zero-order valence-corrected chi connectivity index (χ0v) is 10.2. The van der Waals surface area contributed by atoms with Crippen molar-refractivity contribution in [3.63, 3.8) is 0 Å². The van der Waals surface area contributed by atoms with Crippen LogP contribution in [0.3, 0.4) is 0 Å². The van der Waals surface area contributed by atoms with Gasteiger partial charge in [0.1, 0.15) is 0 Å². The first-order chi connectivity index (χ1) is 8.00. The SMILES string of the molecule is Cc1ccc(-n2ccn(C)c(=O)c2=O)cc1Cl.